The van der Waals surface area contributed by atoms with Crippen LogP contribution in [0.1, 0.15) is 43.9 Å². The lowest BCUT2D eigenvalue weighted by Crippen LogP contribution is -2.32. The quantitative estimate of drug-likeness (QED) is 0.908. The lowest BCUT2D eigenvalue weighted by Gasteiger charge is -2.32. The van der Waals surface area contributed by atoms with E-state index in [1.54, 1.807) is 6.07 Å². The van der Waals surface area contributed by atoms with Gasteiger partial charge in [0.15, 0.2) is 5.82 Å². The summed E-state index contributed by atoms with van der Waals surface area (Å²) < 4.78 is 0. The second-order valence-electron chi connectivity index (χ2n) is 7.21. The first-order valence-electron chi connectivity index (χ1n) is 9.15. The fourth-order valence-corrected chi connectivity index (χ4v) is 3.92. The minimum atomic E-state index is 0.255. The molecule has 1 aromatic heterocycles. The van der Waals surface area contributed by atoms with Crippen LogP contribution in [0.25, 0.3) is 11.4 Å². The van der Waals surface area contributed by atoms with Crippen molar-refractivity contribution in [2.75, 3.05) is 18.0 Å². The summed E-state index contributed by atoms with van der Waals surface area (Å²) in [5, 5.41) is 10.2. The van der Waals surface area contributed by atoms with Gasteiger partial charge in [-0.1, -0.05) is 19.1 Å². The number of rotatable bonds is 2. The average Bonchev–Trinajstić information content (AvgIpc) is 2.61. The number of hydrogen-bond acceptors (Lipinski definition) is 4. The summed E-state index contributed by atoms with van der Waals surface area (Å²) in [6, 6.07) is 7.39. The fraction of sp³-hybridized carbons (Fsp3) is 0.500. The van der Waals surface area contributed by atoms with Crippen LogP contribution in [-0.4, -0.2) is 28.2 Å². The third-order valence-corrected chi connectivity index (χ3v) is 5.30. The number of phenolic OH excluding ortho intramolecular Hbond substituents is 1. The van der Waals surface area contributed by atoms with Gasteiger partial charge in [-0.2, -0.15) is 0 Å². The molecule has 4 heteroatoms. The molecule has 1 saturated heterocycles. The van der Waals surface area contributed by atoms with Gasteiger partial charge in [0.25, 0.3) is 0 Å². The van der Waals surface area contributed by atoms with Crippen LogP contribution >= 0.6 is 0 Å². The topological polar surface area (TPSA) is 49.3 Å². The second-order valence-corrected chi connectivity index (χ2v) is 7.21. The van der Waals surface area contributed by atoms with Gasteiger partial charge in [-0.3, -0.25) is 0 Å². The van der Waals surface area contributed by atoms with E-state index in [4.69, 9.17) is 9.97 Å². The SMILES string of the molecule is C[C@H]1CCc2c(nc(-c3ccccc3O)nc2N2CCCCC2)C1. The minimum Gasteiger partial charge on any atom is -0.507 e. The molecule has 1 aromatic carbocycles. The van der Waals surface area contributed by atoms with Crippen molar-refractivity contribution in [1.82, 2.24) is 9.97 Å². The van der Waals surface area contributed by atoms with Crippen molar-refractivity contribution >= 4 is 5.82 Å². The molecule has 4 rings (SSSR count). The Morgan fingerprint density at radius 2 is 1.88 bits per heavy atom. The Morgan fingerprint density at radius 1 is 1.08 bits per heavy atom. The number of hydrogen-bond donors (Lipinski definition) is 1. The third-order valence-electron chi connectivity index (χ3n) is 5.30. The first kappa shape index (κ1) is 15.4. The maximum absolute atomic E-state index is 10.2. The maximum Gasteiger partial charge on any atom is 0.165 e. The summed E-state index contributed by atoms with van der Waals surface area (Å²) >= 11 is 0. The molecule has 4 nitrogen and oxygen atoms in total. The van der Waals surface area contributed by atoms with E-state index in [1.165, 1.54) is 36.9 Å². The first-order chi connectivity index (χ1) is 11.7. The van der Waals surface area contributed by atoms with Crippen molar-refractivity contribution in [2.45, 2.75) is 45.4 Å². The summed E-state index contributed by atoms with van der Waals surface area (Å²) in [5.41, 5.74) is 3.26. The normalized spacial score (nSPS) is 20.7. The number of anilines is 1. The number of nitrogens with zero attached hydrogens (tertiary/aromatic N) is 3. The number of para-hydroxylation sites is 1. The summed E-state index contributed by atoms with van der Waals surface area (Å²) in [6.45, 7) is 4.46. The molecule has 0 radical (unpaired) electrons. The van der Waals surface area contributed by atoms with Crippen molar-refractivity contribution < 1.29 is 5.11 Å². The van der Waals surface area contributed by atoms with E-state index < -0.39 is 0 Å². The highest BCUT2D eigenvalue weighted by Gasteiger charge is 2.26. The van der Waals surface area contributed by atoms with Crippen LogP contribution in [0.5, 0.6) is 5.75 Å². The van der Waals surface area contributed by atoms with Gasteiger partial charge in [-0.15, -0.1) is 0 Å². The van der Waals surface area contributed by atoms with E-state index in [1.807, 2.05) is 18.2 Å². The lowest BCUT2D eigenvalue weighted by atomic mass is 9.88. The van der Waals surface area contributed by atoms with E-state index in [-0.39, 0.29) is 5.75 Å². The number of fused-ring (bicyclic) bond motifs is 1. The molecule has 2 heterocycles. The van der Waals surface area contributed by atoms with Crippen LogP contribution in [0.2, 0.25) is 0 Å². The molecule has 1 N–H and O–H groups in total. The molecule has 24 heavy (non-hydrogen) atoms. The van der Waals surface area contributed by atoms with E-state index in [0.29, 0.717) is 11.7 Å². The predicted molar refractivity (Wildman–Crippen MR) is 96.4 cm³/mol. The van der Waals surface area contributed by atoms with Gasteiger partial charge in [-0.25, -0.2) is 9.97 Å². The molecule has 0 amide bonds. The second kappa shape index (κ2) is 6.42. The molecule has 1 aliphatic heterocycles. The largest absolute Gasteiger partial charge is 0.507 e. The van der Waals surface area contributed by atoms with Crippen molar-refractivity contribution in [3.05, 3.63) is 35.5 Å². The Morgan fingerprint density at radius 3 is 2.67 bits per heavy atom. The van der Waals surface area contributed by atoms with Gasteiger partial charge < -0.3 is 10.0 Å². The highest BCUT2D eigenvalue weighted by atomic mass is 16.3. The number of aromatic hydroxyl groups is 1. The zero-order valence-corrected chi connectivity index (χ0v) is 14.3. The van der Waals surface area contributed by atoms with Crippen molar-refractivity contribution in [3.63, 3.8) is 0 Å². The van der Waals surface area contributed by atoms with Gasteiger partial charge in [0.05, 0.1) is 11.3 Å². The molecule has 2 aliphatic rings. The Hall–Kier alpha value is -2.10. The predicted octanol–water partition coefficient (Wildman–Crippen LogP) is 3.96. The molecule has 126 valence electrons. The van der Waals surface area contributed by atoms with Crippen LogP contribution < -0.4 is 4.90 Å². The number of benzene rings is 1. The number of piperidine rings is 1. The van der Waals surface area contributed by atoms with E-state index in [2.05, 4.69) is 11.8 Å². The van der Waals surface area contributed by atoms with E-state index in [9.17, 15) is 5.11 Å². The standard InChI is InChI=1S/C20H25N3O/c1-14-9-10-15-17(13-14)21-19(16-7-3-4-8-18(16)24)22-20(15)23-11-5-2-6-12-23/h3-4,7-8,14,24H,2,5-6,9-13H2,1H3/t14-/m0/s1. The minimum absolute atomic E-state index is 0.255. The van der Waals surface area contributed by atoms with Gasteiger partial charge in [0.1, 0.15) is 11.6 Å². The van der Waals surface area contributed by atoms with Gasteiger partial charge in [-0.05, 0) is 56.6 Å². The summed E-state index contributed by atoms with van der Waals surface area (Å²) in [4.78, 5) is 12.2. The number of phenols is 1. The summed E-state index contributed by atoms with van der Waals surface area (Å²) in [7, 11) is 0. The van der Waals surface area contributed by atoms with Crippen molar-refractivity contribution in [1.29, 1.82) is 0 Å². The number of aromatic nitrogens is 2. The lowest BCUT2D eigenvalue weighted by molar-refractivity contribution is 0.475. The summed E-state index contributed by atoms with van der Waals surface area (Å²) in [5.74, 6) is 2.70. The van der Waals surface area contributed by atoms with Gasteiger partial charge >= 0.3 is 0 Å². The molecular formula is C20H25N3O. The molecule has 0 bridgehead atoms. The zero-order chi connectivity index (χ0) is 16.5. The van der Waals surface area contributed by atoms with Crippen LogP contribution in [0.3, 0.4) is 0 Å². The van der Waals surface area contributed by atoms with Crippen molar-refractivity contribution in [2.24, 2.45) is 5.92 Å². The first-order valence-corrected chi connectivity index (χ1v) is 9.15. The van der Waals surface area contributed by atoms with Gasteiger partial charge in [0, 0.05) is 18.7 Å². The van der Waals surface area contributed by atoms with Crippen LogP contribution in [-0.2, 0) is 12.8 Å². The third kappa shape index (κ3) is 2.85. The molecule has 0 unspecified atom stereocenters. The van der Waals surface area contributed by atoms with Crippen LogP contribution in [0.15, 0.2) is 24.3 Å². The molecule has 0 spiro atoms. The molecule has 0 saturated carbocycles. The Labute approximate surface area is 143 Å². The van der Waals surface area contributed by atoms with E-state index >= 15 is 0 Å². The summed E-state index contributed by atoms with van der Waals surface area (Å²) in [6.07, 6.45) is 7.09. The maximum atomic E-state index is 10.2. The highest BCUT2D eigenvalue weighted by molar-refractivity contribution is 5.66. The Balaban J connectivity index is 1.83. The molecule has 1 atom stereocenters. The fourth-order valence-electron chi connectivity index (χ4n) is 3.92. The zero-order valence-electron chi connectivity index (χ0n) is 14.3. The monoisotopic (exact) mass is 323 g/mol. The van der Waals surface area contributed by atoms with Gasteiger partial charge in [0.2, 0.25) is 0 Å². The average molecular weight is 323 g/mol. The van der Waals surface area contributed by atoms with Crippen molar-refractivity contribution in [3.8, 4) is 17.1 Å². The smallest absolute Gasteiger partial charge is 0.165 e. The molecule has 1 aliphatic carbocycles. The molecular weight excluding hydrogens is 298 g/mol. The van der Waals surface area contributed by atoms with E-state index in [0.717, 1.165) is 37.3 Å². The van der Waals surface area contributed by atoms with Crippen LogP contribution in [0, 0.1) is 5.92 Å². The molecule has 2 aromatic rings. The highest BCUT2D eigenvalue weighted by Crippen LogP contribution is 2.35. The Bertz CT molecular complexity index is 738. The Kier molecular flexibility index (Phi) is 4.13. The van der Waals surface area contributed by atoms with Crippen LogP contribution in [0.4, 0.5) is 5.82 Å². The molecule has 1 fully saturated rings.